The molecule has 5 rings (SSSR count). The van der Waals surface area contributed by atoms with E-state index in [1.807, 2.05) is 35.5 Å². The van der Waals surface area contributed by atoms with Crippen molar-refractivity contribution in [3.8, 4) is 0 Å². The minimum absolute atomic E-state index is 0.0381. The number of nitrogens with zero attached hydrogens (tertiary/aromatic N) is 3. The Balaban J connectivity index is 1.55. The zero-order chi connectivity index (χ0) is 21.2. The van der Waals surface area contributed by atoms with Crippen molar-refractivity contribution in [1.82, 2.24) is 14.5 Å². The molecular weight excluding hydrogens is 392 g/mol. The molecule has 1 saturated carbocycles. The number of anilines is 1. The van der Waals surface area contributed by atoms with E-state index >= 15 is 0 Å². The SMILES string of the molecule is O=C(Nc1cc(C(=O)N2CCOCC2)c2c(c1)ncn2C1CCCC1)c1ccccc1. The van der Waals surface area contributed by atoms with Crippen molar-refractivity contribution in [2.45, 2.75) is 31.7 Å². The number of rotatable bonds is 4. The van der Waals surface area contributed by atoms with Crippen molar-refractivity contribution in [2.75, 3.05) is 31.6 Å². The quantitative estimate of drug-likeness (QED) is 0.698. The van der Waals surface area contributed by atoms with Crippen LogP contribution in [-0.4, -0.2) is 52.6 Å². The maximum atomic E-state index is 13.5. The van der Waals surface area contributed by atoms with E-state index in [0.29, 0.717) is 49.2 Å². The zero-order valence-electron chi connectivity index (χ0n) is 17.4. The van der Waals surface area contributed by atoms with Gasteiger partial charge in [-0.15, -0.1) is 0 Å². The number of nitrogens with one attached hydrogen (secondary N) is 1. The molecule has 1 saturated heterocycles. The number of carbonyl (C=O) groups is 2. The van der Waals surface area contributed by atoms with Crippen molar-refractivity contribution in [3.05, 3.63) is 59.9 Å². The number of amides is 2. The first-order chi connectivity index (χ1) is 15.2. The summed E-state index contributed by atoms with van der Waals surface area (Å²) < 4.78 is 7.59. The van der Waals surface area contributed by atoms with E-state index in [4.69, 9.17) is 4.74 Å². The summed E-state index contributed by atoms with van der Waals surface area (Å²) in [5, 5.41) is 2.94. The van der Waals surface area contributed by atoms with Crippen LogP contribution in [-0.2, 0) is 4.74 Å². The van der Waals surface area contributed by atoms with Crippen LogP contribution < -0.4 is 5.32 Å². The first kappa shape index (κ1) is 19.8. The van der Waals surface area contributed by atoms with Gasteiger partial charge in [0.15, 0.2) is 0 Å². The fourth-order valence-corrected chi connectivity index (χ4v) is 4.60. The van der Waals surface area contributed by atoms with Gasteiger partial charge in [-0.2, -0.15) is 0 Å². The van der Waals surface area contributed by atoms with Crippen LogP contribution in [0.1, 0.15) is 52.4 Å². The highest BCUT2D eigenvalue weighted by molar-refractivity contribution is 6.09. The molecule has 1 N–H and O–H groups in total. The third-order valence-corrected chi connectivity index (χ3v) is 6.21. The molecule has 2 fully saturated rings. The fraction of sp³-hybridized carbons (Fsp3) is 0.375. The van der Waals surface area contributed by atoms with Gasteiger partial charge in [0.1, 0.15) is 0 Å². The van der Waals surface area contributed by atoms with Crippen molar-refractivity contribution in [2.24, 2.45) is 0 Å². The second-order valence-corrected chi connectivity index (χ2v) is 8.21. The number of hydrogen-bond acceptors (Lipinski definition) is 4. The van der Waals surface area contributed by atoms with Gasteiger partial charge in [0, 0.05) is 30.4 Å². The summed E-state index contributed by atoms with van der Waals surface area (Å²) in [6, 6.07) is 13.1. The molecule has 0 spiro atoms. The van der Waals surface area contributed by atoms with Crippen molar-refractivity contribution < 1.29 is 14.3 Å². The summed E-state index contributed by atoms with van der Waals surface area (Å²) >= 11 is 0. The second-order valence-electron chi connectivity index (χ2n) is 8.21. The van der Waals surface area contributed by atoms with Gasteiger partial charge in [-0.05, 0) is 37.1 Å². The van der Waals surface area contributed by atoms with Crippen molar-refractivity contribution in [3.63, 3.8) is 0 Å². The molecule has 0 unspecified atom stereocenters. The fourth-order valence-electron chi connectivity index (χ4n) is 4.60. The lowest BCUT2D eigenvalue weighted by Gasteiger charge is -2.27. The normalized spacial score (nSPS) is 17.2. The van der Waals surface area contributed by atoms with Gasteiger partial charge >= 0.3 is 0 Å². The number of fused-ring (bicyclic) bond motifs is 1. The summed E-state index contributed by atoms with van der Waals surface area (Å²) in [6.45, 7) is 2.22. The van der Waals surface area contributed by atoms with E-state index in [2.05, 4.69) is 14.9 Å². The minimum atomic E-state index is -0.208. The third kappa shape index (κ3) is 3.93. The highest BCUT2D eigenvalue weighted by atomic mass is 16.5. The lowest BCUT2D eigenvalue weighted by atomic mass is 10.1. The number of morpholine rings is 1. The molecule has 2 heterocycles. The largest absolute Gasteiger partial charge is 0.378 e. The summed E-state index contributed by atoms with van der Waals surface area (Å²) in [5.74, 6) is -0.246. The lowest BCUT2D eigenvalue weighted by molar-refractivity contribution is 0.0304. The molecule has 7 nitrogen and oxygen atoms in total. The van der Waals surface area contributed by atoms with Gasteiger partial charge in [-0.1, -0.05) is 31.0 Å². The first-order valence-electron chi connectivity index (χ1n) is 10.9. The molecule has 1 aliphatic heterocycles. The summed E-state index contributed by atoms with van der Waals surface area (Å²) in [7, 11) is 0. The topological polar surface area (TPSA) is 76.5 Å². The summed E-state index contributed by atoms with van der Waals surface area (Å²) in [6.07, 6.45) is 6.44. The van der Waals surface area contributed by atoms with Gasteiger partial charge in [0.2, 0.25) is 0 Å². The zero-order valence-corrected chi connectivity index (χ0v) is 17.4. The molecule has 160 valence electrons. The van der Waals surface area contributed by atoms with Crippen molar-refractivity contribution in [1.29, 1.82) is 0 Å². The predicted octanol–water partition coefficient (Wildman–Crippen LogP) is 3.88. The van der Waals surface area contributed by atoms with Crippen LogP contribution in [0.3, 0.4) is 0 Å². The van der Waals surface area contributed by atoms with Crippen LogP contribution in [0.5, 0.6) is 0 Å². The van der Waals surface area contributed by atoms with E-state index in [0.717, 1.165) is 23.9 Å². The van der Waals surface area contributed by atoms with E-state index in [-0.39, 0.29) is 11.8 Å². The molecular formula is C24H26N4O3. The average Bonchev–Trinajstić information content (AvgIpc) is 3.49. The minimum Gasteiger partial charge on any atom is -0.378 e. The number of benzene rings is 2. The maximum absolute atomic E-state index is 13.5. The van der Waals surface area contributed by atoms with Crippen LogP contribution in [0, 0.1) is 0 Å². The van der Waals surface area contributed by atoms with Gasteiger partial charge < -0.3 is 19.5 Å². The number of ether oxygens (including phenoxy) is 1. The molecule has 2 aromatic carbocycles. The molecule has 2 amide bonds. The Morgan fingerprint density at radius 1 is 1.03 bits per heavy atom. The summed E-state index contributed by atoms with van der Waals surface area (Å²) in [5.41, 5.74) is 3.33. The van der Waals surface area contributed by atoms with Crippen LogP contribution in [0.4, 0.5) is 5.69 Å². The van der Waals surface area contributed by atoms with Gasteiger partial charge in [0.05, 0.1) is 36.1 Å². The Kier molecular flexibility index (Phi) is 5.42. The molecule has 0 radical (unpaired) electrons. The van der Waals surface area contributed by atoms with Gasteiger partial charge in [-0.3, -0.25) is 9.59 Å². The number of imidazole rings is 1. The van der Waals surface area contributed by atoms with E-state index in [1.54, 1.807) is 18.2 Å². The van der Waals surface area contributed by atoms with Crippen LogP contribution >= 0.6 is 0 Å². The summed E-state index contributed by atoms with van der Waals surface area (Å²) in [4.78, 5) is 32.6. The van der Waals surface area contributed by atoms with Crippen LogP contribution in [0.2, 0.25) is 0 Å². The number of carbonyl (C=O) groups excluding carboxylic acids is 2. The Bertz CT molecular complexity index is 1100. The molecule has 31 heavy (non-hydrogen) atoms. The highest BCUT2D eigenvalue weighted by Gasteiger charge is 2.26. The molecule has 1 aromatic heterocycles. The maximum Gasteiger partial charge on any atom is 0.256 e. The molecule has 0 bridgehead atoms. The Morgan fingerprint density at radius 2 is 1.77 bits per heavy atom. The van der Waals surface area contributed by atoms with E-state index < -0.39 is 0 Å². The Hall–Kier alpha value is -3.19. The van der Waals surface area contributed by atoms with Gasteiger partial charge in [-0.25, -0.2) is 4.98 Å². The lowest BCUT2D eigenvalue weighted by Crippen LogP contribution is -2.40. The highest BCUT2D eigenvalue weighted by Crippen LogP contribution is 2.34. The smallest absolute Gasteiger partial charge is 0.256 e. The van der Waals surface area contributed by atoms with Crippen molar-refractivity contribution >= 4 is 28.5 Å². The molecule has 3 aromatic rings. The monoisotopic (exact) mass is 418 g/mol. The van der Waals surface area contributed by atoms with E-state index in [1.165, 1.54) is 12.8 Å². The standard InChI is InChI=1S/C24H26N4O3/c29-23(17-6-2-1-3-7-17)26-18-14-20(24(30)27-10-12-31-13-11-27)22-21(15-18)25-16-28(22)19-8-4-5-9-19/h1-3,6-7,14-16,19H,4-5,8-13H2,(H,26,29). The average molecular weight is 418 g/mol. The Labute approximate surface area is 181 Å². The first-order valence-corrected chi connectivity index (χ1v) is 10.9. The molecule has 1 aliphatic carbocycles. The number of aromatic nitrogens is 2. The number of hydrogen-bond donors (Lipinski definition) is 1. The van der Waals surface area contributed by atoms with Crippen LogP contribution in [0.25, 0.3) is 11.0 Å². The predicted molar refractivity (Wildman–Crippen MR) is 118 cm³/mol. The van der Waals surface area contributed by atoms with Gasteiger partial charge in [0.25, 0.3) is 11.8 Å². The van der Waals surface area contributed by atoms with Crippen LogP contribution in [0.15, 0.2) is 48.8 Å². The van der Waals surface area contributed by atoms with E-state index in [9.17, 15) is 9.59 Å². The third-order valence-electron chi connectivity index (χ3n) is 6.21. The molecule has 7 heteroatoms. The molecule has 0 atom stereocenters. The second kappa shape index (κ2) is 8.51. The Morgan fingerprint density at radius 3 is 2.52 bits per heavy atom. The molecule has 2 aliphatic rings.